The van der Waals surface area contributed by atoms with Crippen molar-refractivity contribution in [3.63, 3.8) is 0 Å². The number of hydrogen-bond donors (Lipinski definition) is 2. The van der Waals surface area contributed by atoms with Crippen molar-refractivity contribution in [3.8, 4) is 5.75 Å². The predicted octanol–water partition coefficient (Wildman–Crippen LogP) is 2.79. The Morgan fingerprint density at radius 1 is 1.11 bits per heavy atom. The third kappa shape index (κ3) is 5.33. The van der Waals surface area contributed by atoms with Crippen LogP contribution in [0.3, 0.4) is 0 Å². The van der Waals surface area contributed by atoms with Crippen LogP contribution in [0.25, 0.3) is 0 Å². The first-order valence-electron chi connectivity index (χ1n) is 9.64. The Labute approximate surface area is 165 Å². The van der Waals surface area contributed by atoms with E-state index in [4.69, 9.17) is 10.5 Å². The number of ether oxygens (including phenoxy) is 1. The summed E-state index contributed by atoms with van der Waals surface area (Å²) >= 11 is 0. The van der Waals surface area contributed by atoms with Crippen LogP contribution in [0.4, 0.5) is 5.69 Å². The van der Waals surface area contributed by atoms with E-state index in [1.165, 1.54) is 0 Å². The van der Waals surface area contributed by atoms with Gasteiger partial charge < -0.3 is 15.8 Å². The number of nitrogens with two attached hydrogens (primary N) is 1. The fourth-order valence-electron chi connectivity index (χ4n) is 3.36. The maximum atomic E-state index is 12.5. The summed E-state index contributed by atoms with van der Waals surface area (Å²) < 4.78 is 5.77. The molecule has 2 aromatic rings. The largest absolute Gasteiger partial charge is 0.489 e. The molecule has 0 aromatic heterocycles. The van der Waals surface area contributed by atoms with Gasteiger partial charge in [0.2, 0.25) is 11.8 Å². The summed E-state index contributed by atoms with van der Waals surface area (Å²) in [5, 5.41) is 2.95. The zero-order chi connectivity index (χ0) is 19.9. The number of carbonyl (C=O) groups excluding carboxylic acids is 2. The number of rotatable bonds is 7. The van der Waals surface area contributed by atoms with Crippen LogP contribution in [-0.2, 0) is 16.2 Å². The lowest BCUT2D eigenvalue weighted by molar-refractivity contribution is -0.124. The molecule has 28 heavy (non-hydrogen) atoms. The number of amides is 2. The molecule has 2 aromatic carbocycles. The topological polar surface area (TPSA) is 84.7 Å². The standard InChI is InChI=1S/C22H27N3O3/c1-16(25-13-11-18(12-14-25)21(23)26)22(27)24-19-7-9-20(10-8-19)28-15-17-5-3-2-4-6-17/h2-10,16,18H,11-15H2,1H3,(H2,23,26)(H,24,27)/t16-/m0/s1. The van der Waals surface area contributed by atoms with Crippen molar-refractivity contribution in [2.45, 2.75) is 32.4 Å². The molecule has 0 bridgehead atoms. The van der Waals surface area contributed by atoms with Crippen LogP contribution in [0.1, 0.15) is 25.3 Å². The molecule has 1 fully saturated rings. The van der Waals surface area contributed by atoms with E-state index in [1.807, 2.05) is 61.5 Å². The van der Waals surface area contributed by atoms with Crippen LogP contribution < -0.4 is 15.8 Å². The Bertz CT molecular complexity index is 784. The fraction of sp³-hybridized carbons (Fsp3) is 0.364. The fourth-order valence-corrected chi connectivity index (χ4v) is 3.36. The smallest absolute Gasteiger partial charge is 0.241 e. The molecule has 6 nitrogen and oxygen atoms in total. The van der Waals surface area contributed by atoms with E-state index in [-0.39, 0.29) is 23.8 Å². The minimum absolute atomic E-state index is 0.0597. The van der Waals surface area contributed by atoms with Crippen molar-refractivity contribution < 1.29 is 14.3 Å². The Morgan fingerprint density at radius 3 is 2.36 bits per heavy atom. The van der Waals surface area contributed by atoms with Crippen LogP contribution in [0.5, 0.6) is 5.75 Å². The first-order chi connectivity index (χ1) is 13.5. The lowest BCUT2D eigenvalue weighted by Gasteiger charge is -2.34. The van der Waals surface area contributed by atoms with Crippen LogP contribution >= 0.6 is 0 Å². The van der Waals surface area contributed by atoms with E-state index >= 15 is 0 Å². The van der Waals surface area contributed by atoms with Crippen molar-refractivity contribution in [3.05, 3.63) is 60.2 Å². The molecule has 0 radical (unpaired) electrons. The molecule has 148 valence electrons. The summed E-state index contributed by atoms with van der Waals surface area (Å²) in [5.74, 6) is 0.375. The first kappa shape index (κ1) is 19.9. The molecule has 6 heteroatoms. The number of carbonyl (C=O) groups is 2. The minimum atomic E-state index is -0.261. The Balaban J connectivity index is 1.48. The molecule has 0 spiro atoms. The number of benzene rings is 2. The van der Waals surface area contributed by atoms with E-state index in [1.54, 1.807) is 0 Å². The molecule has 1 atom stereocenters. The van der Waals surface area contributed by atoms with Crippen molar-refractivity contribution in [1.29, 1.82) is 0 Å². The van der Waals surface area contributed by atoms with Gasteiger partial charge in [0.15, 0.2) is 0 Å². The van der Waals surface area contributed by atoms with Gasteiger partial charge in [-0.15, -0.1) is 0 Å². The zero-order valence-electron chi connectivity index (χ0n) is 16.1. The van der Waals surface area contributed by atoms with Crippen molar-refractivity contribution in [2.75, 3.05) is 18.4 Å². The van der Waals surface area contributed by atoms with Crippen LogP contribution in [0.2, 0.25) is 0 Å². The molecule has 1 heterocycles. The summed E-state index contributed by atoms with van der Waals surface area (Å²) in [6.45, 7) is 3.80. The molecule has 3 N–H and O–H groups in total. The second-order valence-electron chi connectivity index (χ2n) is 7.18. The summed E-state index contributed by atoms with van der Waals surface area (Å²) in [6, 6.07) is 17.1. The van der Waals surface area contributed by atoms with E-state index in [0.29, 0.717) is 32.5 Å². The molecule has 0 aliphatic carbocycles. The van der Waals surface area contributed by atoms with Crippen molar-refractivity contribution in [2.24, 2.45) is 11.7 Å². The SMILES string of the molecule is C[C@@H](C(=O)Nc1ccc(OCc2ccccc2)cc1)N1CCC(C(N)=O)CC1. The van der Waals surface area contributed by atoms with E-state index in [0.717, 1.165) is 17.0 Å². The maximum Gasteiger partial charge on any atom is 0.241 e. The quantitative estimate of drug-likeness (QED) is 0.772. The molecular weight excluding hydrogens is 354 g/mol. The third-order valence-electron chi connectivity index (χ3n) is 5.23. The van der Waals surface area contributed by atoms with Gasteiger partial charge in [-0.2, -0.15) is 0 Å². The number of primary amides is 1. The predicted molar refractivity (Wildman–Crippen MR) is 109 cm³/mol. The average Bonchev–Trinajstić information content (AvgIpc) is 2.73. The van der Waals surface area contributed by atoms with E-state index in [9.17, 15) is 9.59 Å². The molecule has 1 aliphatic heterocycles. The first-order valence-corrected chi connectivity index (χ1v) is 9.64. The summed E-state index contributed by atoms with van der Waals surface area (Å²) in [6.07, 6.45) is 1.42. The normalized spacial score (nSPS) is 16.3. The van der Waals surface area contributed by atoms with Gasteiger partial charge in [0, 0.05) is 11.6 Å². The highest BCUT2D eigenvalue weighted by Gasteiger charge is 2.28. The van der Waals surface area contributed by atoms with Crippen LogP contribution in [0, 0.1) is 5.92 Å². The van der Waals surface area contributed by atoms with Gasteiger partial charge in [-0.3, -0.25) is 14.5 Å². The zero-order valence-corrected chi connectivity index (χ0v) is 16.1. The Morgan fingerprint density at radius 2 is 1.75 bits per heavy atom. The van der Waals surface area contributed by atoms with Crippen molar-refractivity contribution in [1.82, 2.24) is 4.90 Å². The number of nitrogens with zero attached hydrogens (tertiary/aromatic N) is 1. The second-order valence-corrected chi connectivity index (χ2v) is 7.18. The number of likely N-dealkylation sites (tertiary alicyclic amines) is 1. The number of hydrogen-bond acceptors (Lipinski definition) is 4. The van der Waals surface area contributed by atoms with Gasteiger partial charge in [-0.1, -0.05) is 30.3 Å². The number of anilines is 1. The summed E-state index contributed by atoms with van der Waals surface area (Å²) in [7, 11) is 0. The van der Waals surface area contributed by atoms with E-state index in [2.05, 4.69) is 10.2 Å². The van der Waals surface area contributed by atoms with Gasteiger partial charge in [0.1, 0.15) is 12.4 Å². The summed E-state index contributed by atoms with van der Waals surface area (Å²) in [5.41, 5.74) is 7.21. The van der Waals surface area contributed by atoms with Gasteiger partial charge >= 0.3 is 0 Å². The van der Waals surface area contributed by atoms with Crippen LogP contribution in [0.15, 0.2) is 54.6 Å². The second kappa shape index (κ2) is 9.37. The molecular formula is C22H27N3O3. The maximum absolute atomic E-state index is 12.5. The molecule has 2 amide bonds. The highest BCUT2D eigenvalue weighted by Crippen LogP contribution is 2.20. The molecule has 1 aliphatic rings. The van der Waals surface area contributed by atoms with Crippen LogP contribution in [-0.4, -0.2) is 35.8 Å². The monoisotopic (exact) mass is 381 g/mol. The van der Waals surface area contributed by atoms with Gasteiger partial charge in [0.25, 0.3) is 0 Å². The van der Waals surface area contributed by atoms with Gasteiger partial charge in [0.05, 0.1) is 6.04 Å². The lowest BCUT2D eigenvalue weighted by atomic mass is 9.95. The molecule has 1 saturated heterocycles. The average molecular weight is 381 g/mol. The molecule has 3 rings (SSSR count). The van der Waals surface area contributed by atoms with E-state index < -0.39 is 0 Å². The highest BCUT2D eigenvalue weighted by atomic mass is 16.5. The minimum Gasteiger partial charge on any atom is -0.489 e. The van der Waals surface area contributed by atoms with Gasteiger partial charge in [-0.05, 0) is 62.7 Å². The number of piperidine rings is 1. The molecule has 0 saturated carbocycles. The third-order valence-corrected chi connectivity index (χ3v) is 5.23. The Hall–Kier alpha value is -2.86. The highest BCUT2D eigenvalue weighted by molar-refractivity contribution is 5.94. The summed E-state index contributed by atoms with van der Waals surface area (Å²) in [4.78, 5) is 25.9. The van der Waals surface area contributed by atoms with Crippen molar-refractivity contribution >= 4 is 17.5 Å². The Kier molecular flexibility index (Phi) is 6.66. The number of nitrogens with one attached hydrogen (secondary N) is 1. The van der Waals surface area contributed by atoms with Gasteiger partial charge in [-0.25, -0.2) is 0 Å². The molecule has 0 unspecified atom stereocenters. The lowest BCUT2D eigenvalue weighted by Crippen LogP contribution is -2.47.